The summed E-state index contributed by atoms with van der Waals surface area (Å²) in [5, 5.41) is 8.44. The lowest BCUT2D eigenvalue weighted by molar-refractivity contribution is -0.150. The van der Waals surface area contributed by atoms with E-state index in [-0.39, 0.29) is 0 Å². The second-order valence-corrected chi connectivity index (χ2v) is 2.46. The Balaban J connectivity index is 0. The number of nitriles is 1. The van der Waals surface area contributed by atoms with Gasteiger partial charge < -0.3 is 4.74 Å². The molecule has 0 aromatic heterocycles. The Morgan fingerprint density at radius 1 is 1.58 bits per heavy atom. The molecule has 0 heterocycles. The van der Waals surface area contributed by atoms with Crippen LogP contribution in [0.15, 0.2) is 0 Å². The number of ether oxygens (including phenoxy) is 1. The maximum Gasteiger partial charge on any atom is 0.325 e. The van der Waals surface area contributed by atoms with Gasteiger partial charge in [0.15, 0.2) is 0 Å². The van der Waals surface area contributed by atoms with Gasteiger partial charge in [0.2, 0.25) is 0 Å². The van der Waals surface area contributed by atoms with Crippen molar-refractivity contribution in [3.05, 3.63) is 0 Å². The number of nitrogens with zero attached hydrogens (tertiary/aromatic N) is 1. The third-order valence-electron chi connectivity index (χ3n) is 1.07. The molecule has 0 atom stereocenters. The van der Waals surface area contributed by atoms with E-state index in [1.165, 1.54) is 13.8 Å². The highest BCUT2D eigenvalue weighted by atomic mass is 127. The summed E-state index contributed by atoms with van der Waals surface area (Å²) in [4.78, 5) is 12.8. The molecule has 0 spiro atoms. The first-order valence-corrected chi connectivity index (χ1v) is 5.66. The molecule has 0 N–H and O–H groups in total. The SMILES string of the molecule is CCOC(=O)C(C)(C)C#N.CI. The predicted molar refractivity (Wildman–Crippen MR) is 56.0 cm³/mol. The first kappa shape index (κ1) is 14.2. The summed E-state index contributed by atoms with van der Waals surface area (Å²) in [5.41, 5.74) is -1.00. The van der Waals surface area contributed by atoms with Crippen LogP contribution in [0, 0.1) is 16.7 Å². The number of rotatable bonds is 2. The van der Waals surface area contributed by atoms with Gasteiger partial charge in [-0.2, -0.15) is 5.26 Å². The minimum atomic E-state index is -1.00. The number of carbonyl (C=O) groups excluding carboxylic acids is 1. The number of hydrogen-bond donors (Lipinski definition) is 0. The summed E-state index contributed by atoms with van der Waals surface area (Å²) in [7, 11) is 0. The molecule has 0 fully saturated rings. The molecule has 0 amide bonds. The molecule has 70 valence electrons. The summed E-state index contributed by atoms with van der Waals surface area (Å²) < 4.78 is 4.64. The molecule has 0 aliphatic rings. The first-order chi connectivity index (χ1) is 5.54. The fourth-order valence-electron chi connectivity index (χ4n) is 0.357. The summed E-state index contributed by atoms with van der Waals surface area (Å²) in [5.74, 6) is -0.461. The largest absolute Gasteiger partial charge is 0.465 e. The number of halogens is 1. The van der Waals surface area contributed by atoms with Gasteiger partial charge in [0.1, 0.15) is 5.41 Å². The van der Waals surface area contributed by atoms with E-state index in [2.05, 4.69) is 27.3 Å². The first-order valence-electron chi connectivity index (χ1n) is 3.51. The molecule has 0 saturated carbocycles. The van der Waals surface area contributed by atoms with Crippen molar-refractivity contribution in [2.45, 2.75) is 20.8 Å². The second kappa shape index (κ2) is 7.35. The monoisotopic (exact) mass is 283 g/mol. The van der Waals surface area contributed by atoms with Crippen molar-refractivity contribution in [1.82, 2.24) is 0 Å². The molecule has 0 aliphatic heterocycles. The average Bonchev–Trinajstić information content (AvgIpc) is 2.08. The lowest BCUT2D eigenvalue weighted by Gasteiger charge is -2.11. The topological polar surface area (TPSA) is 50.1 Å². The molecule has 4 heteroatoms. The minimum absolute atomic E-state index is 0.323. The zero-order chi connectivity index (χ0) is 10.2. The molecule has 12 heavy (non-hydrogen) atoms. The Kier molecular flexibility index (Phi) is 8.71. The molecule has 0 aromatic rings. The van der Waals surface area contributed by atoms with E-state index in [1.54, 1.807) is 6.92 Å². The molecule has 0 radical (unpaired) electrons. The molecular formula is C8H14INO2. The molecule has 0 rings (SSSR count). The summed E-state index contributed by atoms with van der Waals surface area (Å²) in [6.07, 6.45) is 0. The van der Waals surface area contributed by atoms with Crippen molar-refractivity contribution < 1.29 is 9.53 Å². The van der Waals surface area contributed by atoms with Crippen LogP contribution in [0.1, 0.15) is 20.8 Å². The quantitative estimate of drug-likeness (QED) is 0.443. The van der Waals surface area contributed by atoms with E-state index < -0.39 is 11.4 Å². The Morgan fingerprint density at radius 2 is 2.00 bits per heavy atom. The highest BCUT2D eigenvalue weighted by molar-refractivity contribution is 14.1. The van der Waals surface area contributed by atoms with Crippen molar-refractivity contribution >= 4 is 28.6 Å². The van der Waals surface area contributed by atoms with Crippen molar-refractivity contribution in [3.63, 3.8) is 0 Å². The normalized spacial score (nSPS) is 9.00. The molecule has 0 saturated heterocycles. The van der Waals surface area contributed by atoms with Crippen molar-refractivity contribution in [3.8, 4) is 6.07 Å². The second-order valence-electron chi connectivity index (χ2n) is 2.46. The van der Waals surface area contributed by atoms with Crippen LogP contribution in [0.3, 0.4) is 0 Å². The third-order valence-corrected chi connectivity index (χ3v) is 1.07. The average molecular weight is 283 g/mol. The minimum Gasteiger partial charge on any atom is -0.465 e. The van der Waals surface area contributed by atoms with Crippen LogP contribution < -0.4 is 0 Å². The Labute approximate surface area is 87.2 Å². The maximum absolute atomic E-state index is 10.9. The van der Waals surface area contributed by atoms with Crippen molar-refractivity contribution in [2.24, 2.45) is 5.41 Å². The fraction of sp³-hybridized carbons (Fsp3) is 0.750. The number of alkyl halides is 1. The van der Waals surface area contributed by atoms with Gasteiger partial charge in [0.25, 0.3) is 0 Å². The molecular weight excluding hydrogens is 269 g/mol. The molecule has 0 aliphatic carbocycles. The van der Waals surface area contributed by atoms with E-state index in [0.29, 0.717) is 6.61 Å². The lowest BCUT2D eigenvalue weighted by Crippen LogP contribution is -2.24. The molecule has 0 aromatic carbocycles. The van der Waals surface area contributed by atoms with Gasteiger partial charge in [-0.15, -0.1) is 0 Å². The van der Waals surface area contributed by atoms with E-state index in [9.17, 15) is 4.79 Å². The van der Waals surface area contributed by atoms with Gasteiger partial charge in [-0.3, -0.25) is 4.79 Å². The van der Waals surface area contributed by atoms with Gasteiger partial charge in [-0.25, -0.2) is 0 Å². The highest BCUT2D eigenvalue weighted by Gasteiger charge is 2.28. The lowest BCUT2D eigenvalue weighted by atomic mass is 9.96. The van der Waals surface area contributed by atoms with E-state index in [0.717, 1.165) is 0 Å². The van der Waals surface area contributed by atoms with Crippen LogP contribution in [0.2, 0.25) is 0 Å². The number of esters is 1. The summed E-state index contributed by atoms with van der Waals surface area (Å²) in [6, 6.07) is 1.85. The maximum atomic E-state index is 10.9. The number of hydrogen-bond acceptors (Lipinski definition) is 3. The Hall–Kier alpha value is -0.310. The van der Waals surface area contributed by atoms with Crippen LogP contribution in [0.5, 0.6) is 0 Å². The smallest absolute Gasteiger partial charge is 0.325 e. The Morgan fingerprint density at radius 3 is 2.25 bits per heavy atom. The Bertz CT molecular complexity index is 172. The fourth-order valence-corrected chi connectivity index (χ4v) is 0.357. The van der Waals surface area contributed by atoms with Gasteiger partial charge in [0, 0.05) is 0 Å². The summed E-state index contributed by atoms with van der Waals surface area (Å²) >= 11 is 2.15. The highest BCUT2D eigenvalue weighted by Crippen LogP contribution is 2.14. The zero-order valence-electron chi connectivity index (χ0n) is 7.85. The van der Waals surface area contributed by atoms with Gasteiger partial charge >= 0.3 is 5.97 Å². The van der Waals surface area contributed by atoms with Crippen LogP contribution in [-0.2, 0) is 9.53 Å². The van der Waals surface area contributed by atoms with Crippen molar-refractivity contribution in [1.29, 1.82) is 5.26 Å². The van der Waals surface area contributed by atoms with Crippen LogP contribution >= 0.6 is 22.6 Å². The third kappa shape index (κ3) is 5.35. The van der Waals surface area contributed by atoms with Gasteiger partial charge in [-0.05, 0) is 25.7 Å². The molecule has 3 nitrogen and oxygen atoms in total. The number of carbonyl (C=O) groups is 1. The van der Waals surface area contributed by atoms with E-state index >= 15 is 0 Å². The summed E-state index contributed by atoms with van der Waals surface area (Å²) in [6.45, 7) is 5.10. The van der Waals surface area contributed by atoms with Crippen LogP contribution in [0.25, 0.3) is 0 Å². The van der Waals surface area contributed by atoms with Crippen LogP contribution in [0.4, 0.5) is 0 Å². The van der Waals surface area contributed by atoms with Crippen molar-refractivity contribution in [2.75, 3.05) is 11.5 Å². The van der Waals surface area contributed by atoms with Crippen LogP contribution in [-0.4, -0.2) is 17.5 Å². The van der Waals surface area contributed by atoms with E-state index in [4.69, 9.17) is 5.26 Å². The van der Waals surface area contributed by atoms with Gasteiger partial charge in [-0.1, -0.05) is 22.6 Å². The molecule has 0 unspecified atom stereocenters. The van der Waals surface area contributed by atoms with Gasteiger partial charge in [0.05, 0.1) is 12.7 Å². The zero-order valence-corrected chi connectivity index (χ0v) is 10.0. The van der Waals surface area contributed by atoms with E-state index in [1.807, 2.05) is 11.0 Å². The predicted octanol–water partition coefficient (Wildman–Crippen LogP) is 2.15. The standard InChI is InChI=1S/C7H11NO2.CH3I/c1-4-10-6(9)7(2,3)5-8;1-2/h4H2,1-3H3;1H3. The molecule has 0 bridgehead atoms.